The summed E-state index contributed by atoms with van der Waals surface area (Å²) in [5.41, 5.74) is 1.74. The summed E-state index contributed by atoms with van der Waals surface area (Å²) in [5, 5.41) is 6.12. The molecule has 0 aliphatic carbocycles. The molecular formula is C23H18FN3O3S2. The van der Waals surface area contributed by atoms with Crippen molar-refractivity contribution >= 4 is 55.9 Å². The molecule has 0 radical (unpaired) electrons. The quantitative estimate of drug-likeness (QED) is 0.355. The van der Waals surface area contributed by atoms with Gasteiger partial charge in [-0.15, -0.1) is 11.8 Å². The Balaban J connectivity index is 1.34. The van der Waals surface area contributed by atoms with Crippen molar-refractivity contribution in [1.82, 2.24) is 4.98 Å². The number of rotatable bonds is 7. The van der Waals surface area contributed by atoms with E-state index in [1.807, 2.05) is 24.3 Å². The van der Waals surface area contributed by atoms with E-state index in [1.165, 1.54) is 47.4 Å². The number of amides is 2. The first-order chi connectivity index (χ1) is 15.5. The van der Waals surface area contributed by atoms with Crippen LogP contribution in [-0.2, 0) is 4.79 Å². The molecular weight excluding hydrogens is 449 g/mol. The second-order valence-electron chi connectivity index (χ2n) is 6.68. The number of ether oxygens (including phenoxy) is 1. The van der Waals surface area contributed by atoms with Gasteiger partial charge in [-0.2, -0.15) is 0 Å². The molecule has 0 aliphatic rings. The third-order valence-corrected chi connectivity index (χ3v) is 6.34. The lowest BCUT2D eigenvalue weighted by Crippen LogP contribution is -2.14. The van der Waals surface area contributed by atoms with Crippen molar-refractivity contribution in [1.29, 1.82) is 0 Å². The van der Waals surface area contributed by atoms with Crippen molar-refractivity contribution in [3.63, 3.8) is 0 Å². The van der Waals surface area contributed by atoms with Crippen molar-refractivity contribution in [3.8, 4) is 5.75 Å². The number of carbonyl (C=O) groups excluding carboxylic acids is 2. The lowest BCUT2D eigenvalue weighted by molar-refractivity contribution is -0.113. The lowest BCUT2D eigenvalue weighted by Gasteiger charge is -2.07. The average molecular weight is 468 g/mol. The monoisotopic (exact) mass is 467 g/mol. The van der Waals surface area contributed by atoms with Crippen molar-refractivity contribution in [2.24, 2.45) is 0 Å². The molecule has 4 rings (SSSR count). The van der Waals surface area contributed by atoms with Crippen LogP contribution in [0.4, 0.5) is 15.2 Å². The molecule has 4 aromatic rings. The minimum atomic E-state index is -0.399. The van der Waals surface area contributed by atoms with E-state index in [-0.39, 0.29) is 17.6 Å². The maximum Gasteiger partial charge on any atom is 0.255 e. The molecule has 9 heteroatoms. The van der Waals surface area contributed by atoms with Crippen molar-refractivity contribution in [3.05, 3.63) is 78.1 Å². The molecule has 0 aliphatic heterocycles. The largest absolute Gasteiger partial charge is 0.497 e. The molecule has 0 unspecified atom stereocenters. The number of nitrogens with zero attached hydrogens (tertiary/aromatic N) is 1. The molecule has 0 saturated heterocycles. The van der Waals surface area contributed by atoms with Crippen LogP contribution in [0.5, 0.6) is 5.75 Å². The van der Waals surface area contributed by atoms with E-state index < -0.39 is 5.82 Å². The summed E-state index contributed by atoms with van der Waals surface area (Å²) < 4.78 is 19.2. The third kappa shape index (κ3) is 5.43. The normalized spacial score (nSPS) is 10.7. The van der Waals surface area contributed by atoms with Crippen LogP contribution in [0.3, 0.4) is 0 Å². The number of anilines is 2. The Hall–Kier alpha value is -3.43. The fourth-order valence-electron chi connectivity index (χ4n) is 2.86. The van der Waals surface area contributed by atoms with Gasteiger partial charge in [0.2, 0.25) is 5.91 Å². The number of thioether (sulfide) groups is 1. The second-order valence-corrected chi connectivity index (χ2v) is 8.76. The molecule has 0 bridgehead atoms. The van der Waals surface area contributed by atoms with Gasteiger partial charge in [0.25, 0.3) is 5.91 Å². The van der Waals surface area contributed by atoms with Crippen LogP contribution < -0.4 is 15.4 Å². The highest BCUT2D eigenvalue weighted by Gasteiger charge is 2.10. The van der Waals surface area contributed by atoms with Crippen LogP contribution in [0.25, 0.3) is 10.2 Å². The molecule has 6 nitrogen and oxygen atoms in total. The number of methoxy groups -OCH3 is 1. The molecule has 162 valence electrons. The van der Waals surface area contributed by atoms with Gasteiger partial charge in [0, 0.05) is 16.1 Å². The number of benzene rings is 3. The zero-order valence-corrected chi connectivity index (χ0v) is 18.6. The van der Waals surface area contributed by atoms with Gasteiger partial charge < -0.3 is 15.4 Å². The fourth-order valence-corrected chi connectivity index (χ4v) is 4.52. The minimum absolute atomic E-state index is 0.179. The number of hydrogen-bond acceptors (Lipinski definition) is 6. The average Bonchev–Trinajstić information content (AvgIpc) is 3.19. The van der Waals surface area contributed by atoms with Gasteiger partial charge >= 0.3 is 0 Å². The fraction of sp³-hybridized carbons (Fsp3) is 0.0870. The Morgan fingerprint density at radius 3 is 2.66 bits per heavy atom. The first-order valence-electron chi connectivity index (χ1n) is 9.54. The molecule has 3 aromatic carbocycles. The summed E-state index contributed by atoms with van der Waals surface area (Å²) in [6, 6.07) is 18.1. The Kier molecular flexibility index (Phi) is 6.67. The van der Waals surface area contributed by atoms with Crippen LogP contribution in [0, 0.1) is 5.82 Å². The Morgan fingerprint density at radius 1 is 1.06 bits per heavy atom. The first-order valence-corrected chi connectivity index (χ1v) is 11.3. The van der Waals surface area contributed by atoms with Crippen LogP contribution in [0.1, 0.15) is 10.4 Å². The topological polar surface area (TPSA) is 80.3 Å². The van der Waals surface area contributed by atoms with Gasteiger partial charge in [0.05, 0.1) is 23.1 Å². The molecule has 2 N–H and O–H groups in total. The molecule has 1 aromatic heterocycles. The van der Waals surface area contributed by atoms with Gasteiger partial charge in [-0.1, -0.05) is 17.4 Å². The summed E-state index contributed by atoms with van der Waals surface area (Å²) in [5.74, 6) is 0.0122. The third-order valence-electron chi connectivity index (χ3n) is 4.41. The summed E-state index contributed by atoms with van der Waals surface area (Å²) in [6.07, 6.45) is 0. The van der Waals surface area contributed by atoms with E-state index >= 15 is 0 Å². The lowest BCUT2D eigenvalue weighted by atomic mass is 10.2. The Bertz CT molecular complexity index is 1280. The van der Waals surface area contributed by atoms with E-state index in [4.69, 9.17) is 4.74 Å². The van der Waals surface area contributed by atoms with Gasteiger partial charge in [-0.3, -0.25) is 9.59 Å². The van der Waals surface area contributed by atoms with Crippen LogP contribution in [-0.4, -0.2) is 29.7 Å². The Labute approximate surface area is 191 Å². The van der Waals surface area contributed by atoms with E-state index in [0.717, 1.165) is 20.9 Å². The van der Waals surface area contributed by atoms with Crippen molar-refractivity contribution in [2.75, 3.05) is 23.5 Å². The highest BCUT2D eigenvalue weighted by atomic mass is 32.2. The van der Waals surface area contributed by atoms with Gasteiger partial charge in [-0.25, -0.2) is 9.37 Å². The highest BCUT2D eigenvalue weighted by Crippen LogP contribution is 2.29. The molecule has 32 heavy (non-hydrogen) atoms. The SMILES string of the molecule is COc1ccc2nc(NC(=O)CSc3cccc(NC(=O)c4ccc(F)cc4)c3)sc2c1. The van der Waals surface area contributed by atoms with Crippen LogP contribution >= 0.6 is 23.1 Å². The Morgan fingerprint density at radius 2 is 1.88 bits per heavy atom. The molecule has 0 saturated carbocycles. The van der Waals surface area contributed by atoms with Gasteiger partial charge in [-0.05, 0) is 60.7 Å². The minimum Gasteiger partial charge on any atom is -0.497 e. The van der Waals surface area contributed by atoms with Crippen molar-refractivity contribution in [2.45, 2.75) is 4.90 Å². The van der Waals surface area contributed by atoms with Crippen molar-refractivity contribution < 1.29 is 18.7 Å². The highest BCUT2D eigenvalue weighted by molar-refractivity contribution is 8.00. The van der Waals surface area contributed by atoms with Crippen LogP contribution in [0.2, 0.25) is 0 Å². The number of hydrogen-bond donors (Lipinski definition) is 2. The number of halogens is 1. The molecule has 0 spiro atoms. The summed E-state index contributed by atoms with van der Waals surface area (Å²) in [4.78, 5) is 29.9. The predicted octanol–water partition coefficient (Wildman–Crippen LogP) is 5.43. The van der Waals surface area contributed by atoms with E-state index in [9.17, 15) is 14.0 Å². The first kappa shape index (κ1) is 21.8. The number of aromatic nitrogens is 1. The maximum atomic E-state index is 13.0. The maximum absolute atomic E-state index is 13.0. The molecule has 0 atom stereocenters. The summed E-state index contributed by atoms with van der Waals surface area (Å²) in [6.45, 7) is 0. The summed E-state index contributed by atoms with van der Waals surface area (Å²) in [7, 11) is 1.60. The number of nitrogens with one attached hydrogen (secondary N) is 2. The van der Waals surface area contributed by atoms with Gasteiger partial charge in [0.15, 0.2) is 5.13 Å². The molecule has 0 fully saturated rings. The number of thiazole rings is 1. The summed E-state index contributed by atoms with van der Waals surface area (Å²) >= 11 is 2.73. The molecule has 2 amide bonds. The smallest absolute Gasteiger partial charge is 0.255 e. The van der Waals surface area contributed by atoms with Crippen LogP contribution in [0.15, 0.2) is 71.6 Å². The van der Waals surface area contributed by atoms with Gasteiger partial charge in [0.1, 0.15) is 11.6 Å². The van der Waals surface area contributed by atoms with E-state index in [0.29, 0.717) is 16.4 Å². The number of fused-ring (bicyclic) bond motifs is 1. The molecule has 1 heterocycles. The van der Waals surface area contributed by atoms with E-state index in [1.54, 1.807) is 25.3 Å². The standard InChI is InChI=1S/C23H18FN3O3S2/c1-30-17-9-10-19-20(12-17)32-23(26-19)27-21(28)13-31-18-4-2-3-16(11-18)25-22(29)14-5-7-15(24)8-6-14/h2-12H,13H2,1H3,(H,25,29)(H,26,27,28). The van der Waals surface area contributed by atoms with E-state index in [2.05, 4.69) is 15.6 Å². The number of carbonyl (C=O) groups is 2. The zero-order chi connectivity index (χ0) is 22.5. The predicted molar refractivity (Wildman–Crippen MR) is 126 cm³/mol. The zero-order valence-electron chi connectivity index (χ0n) is 16.9. The second kappa shape index (κ2) is 9.80.